The fraction of sp³-hybridized carbons (Fsp3) is 0.947. The van der Waals surface area contributed by atoms with Gasteiger partial charge in [-0.25, -0.2) is 9.13 Å². The van der Waals surface area contributed by atoms with Gasteiger partial charge in [0.25, 0.3) is 0 Å². The predicted octanol–water partition coefficient (Wildman–Crippen LogP) is 22.0. The molecule has 0 fully saturated rings. The summed E-state index contributed by atoms with van der Waals surface area (Å²) in [5.41, 5.74) is 0. The van der Waals surface area contributed by atoms with Gasteiger partial charge in [-0.2, -0.15) is 0 Å². The highest BCUT2D eigenvalue weighted by Gasteiger charge is 2.30. The molecule has 0 rings (SSSR count). The van der Waals surface area contributed by atoms with Gasteiger partial charge in [-0.1, -0.05) is 331 Å². The number of ether oxygens (including phenoxy) is 4. The molecule has 95 heavy (non-hydrogen) atoms. The largest absolute Gasteiger partial charge is 0.472 e. The zero-order chi connectivity index (χ0) is 70.3. The van der Waals surface area contributed by atoms with Crippen molar-refractivity contribution in [3.8, 4) is 0 Å². The predicted molar refractivity (Wildman–Crippen MR) is 386 cm³/mol. The lowest BCUT2D eigenvalue weighted by molar-refractivity contribution is -0.161. The molecule has 0 aromatic carbocycles. The van der Waals surface area contributed by atoms with Crippen LogP contribution in [0.15, 0.2) is 0 Å². The molecular weight excluding hydrogens is 1250 g/mol. The zero-order valence-corrected chi connectivity index (χ0v) is 64.1. The van der Waals surface area contributed by atoms with E-state index in [0.29, 0.717) is 25.7 Å². The average Bonchev–Trinajstić information content (AvgIpc) is 2.03. The van der Waals surface area contributed by atoms with E-state index in [1.807, 2.05) is 0 Å². The maximum Gasteiger partial charge on any atom is 0.472 e. The van der Waals surface area contributed by atoms with Crippen molar-refractivity contribution in [2.75, 3.05) is 39.6 Å². The summed E-state index contributed by atoms with van der Waals surface area (Å²) in [7, 11) is -9.91. The smallest absolute Gasteiger partial charge is 0.462 e. The Morgan fingerprint density at radius 3 is 0.747 bits per heavy atom. The minimum atomic E-state index is -4.96. The summed E-state index contributed by atoms with van der Waals surface area (Å²) >= 11 is 0. The fourth-order valence-electron chi connectivity index (χ4n) is 11.5. The van der Waals surface area contributed by atoms with Crippen LogP contribution >= 0.6 is 15.6 Å². The third-order valence-electron chi connectivity index (χ3n) is 18.7. The van der Waals surface area contributed by atoms with Crippen LogP contribution in [0.3, 0.4) is 0 Å². The maximum atomic E-state index is 13.1. The summed E-state index contributed by atoms with van der Waals surface area (Å²) in [6.07, 6.45) is 50.1. The van der Waals surface area contributed by atoms with E-state index in [2.05, 4.69) is 55.4 Å². The van der Waals surface area contributed by atoms with E-state index in [0.717, 1.165) is 120 Å². The number of aliphatic hydroxyl groups is 1. The molecule has 0 aliphatic heterocycles. The van der Waals surface area contributed by atoms with Gasteiger partial charge in [-0.3, -0.25) is 37.3 Å². The van der Waals surface area contributed by atoms with Crippen molar-refractivity contribution in [3.05, 3.63) is 0 Å². The second-order valence-electron chi connectivity index (χ2n) is 28.6. The van der Waals surface area contributed by atoms with Gasteiger partial charge in [0.2, 0.25) is 0 Å². The second-order valence-corrected chi connectivity index (χ2v) is 31.5. The third kappa shape index (κ3) is 66.4. The van der Waals surface area contributed by atoms with Gasteiger partial charge in [0.05, 0.1) is 26.4 Å². The van der Waals surface area contributed by atoms with E-state index in [1.54, 1.807) is 0 Å². The van der Waals surface area contributed by atoms with Crippen molar-refractivity contribution < 1.29 is 80.2 Å². The standard InChI is InChI=1S/C76H148O17P2/c1-9-67(6)53-45-37-29-25-20-18-16-14-12-13-15-17-19-21-27-31-42-50-58-75(80)92-71(63-87-74(79)57-49-41-34-32-38-46-54-68(7)10-2)64-90-94(82,83)88-60-70(77)61-89-95(84,85)91-65-72(93-76(81)59-51-43-35-33-39-47-55-69(8)11-3)62-86-73(78)56-48-40-30-26-23-22-24-28-36-44-52-66(4)5/h66-72,77H,9-65H2,1-8H3,(H,82,83)(H,84,85)/t67?,68?,69?,70-,71+,72+/m0/s1. The summed E-state index contributed by atoms with van der Waals surface area (Å²) < 4.78 is 68.4. The van der Waals surface area contributed by atoms with Gasteiger partial charge in [-0.05, 0) is 49.4 Å². The number of carbonyl (C=O) groups is 4. The highest BCUT2D eigenvalue weighted by molar-refractivity contribution is 7.47. The molecule has 0 aromatic heterocycles. The van der Waals surface area contributed by atoms with Crippen LogP contribution in [0.5, 0.6) is 0 Å². The fourth-order valence-corrected chi connectivity index (χ4v) is 13.0. The van der Waals surface area contributed by atoms with E-state index in [4.69, 9.17) is 37.0 Å². The molecule has 0 saturated carbocycles. The SMILES string of the molecule is CCC(C)CCCCCCCCCCCCCCCCCCCCC(=O)O[C@H](COC(=O)CCCCCCCCC(C)CC)COP(=O)(O)OC[C@H](O)COP(=O)(O)OC[C@@H](COC(=O)CCCCCCCCCCCCC(C)C)OC(=O)CCCCCCCCC(C)CC. The van der Waals surface area contributed by atoms with Gasteiger partial charge < -0.3 is 33.8 Å². The number of aliphatic hydroxyl groups excluding tert-OH is 1. The van der Waals surface area contributed by atoms with Crippen LogP contribution in [0.25, 0.3) is 0 Å². The Balaban J connectivity index is 5.16. The van der Waals surface area contributed by atoms with Crippen molar-refractivity contribution in [1.29, 1.82) is 0 Å². The van der Waals surface area contributed by atoms with E-state index >= 15 is 0 Å². The topological polar surface area (TPSA) is 237 Å². The number of phosphoric ester groups is 2. The summed E-state index contributed by atoms with van der Waals surface area (Å²) in [5.74, 6) is 0.954. The summed E-state index contributed by atoms with van der Waals surface area (Å²) in [6, 6.07) is 0. The molecule has 17 nitrogen and oxygen atoms in total. The lowest BCUT2D eigenvalue weighted by Gasteiger charge is -2.21. The number of phosphoric acid groups is 2. The first-order valence-corrected chi connectivity index (χ1v) is 42.3. The molecule has 564 valence electrons. The molecule has 3 N–H and O–H groups in total. The lowest BCUT2D eigenvalue weighted by Crippen LogP contribution is -2.30. The van der Waals surface area contributed by atoms with Gasteiger partial charge in [0.1, 0.15) is 19.3 Å². The molecule has 0 aromatic rings. The minimum absolute atomic E-state index is 0.102. The highest BCUT2D eigenvalue weighted by Crippen LogP contribution is 2.45. The van der Waals surface area contributed by atoms with Crippen molar-refractivity contribution in [2.24, 2.45) is 23.7 Å². The molecule has 0 aliphatic rings. The van der Waals surface area contributed by atoms with E-state index in [1.165, 1.54) is 180 Å². The van der Waals surface area contributed by atoms with Crippen molar-refractivity contribution >= 4 is 39.5 Å². The number of hydrogen-bond acceptors (Lipinski definition) is 15. The van der Waals surface area contributed by atoms with E-state index in [9.17, 15) is 43.2 Å². The molecule has 0 spiro atoms. The Bertz CT molecular complexity index is 1870. The Morgan fingerprint density at radius 1 is 0.295 bits per heavy atom. The molecule has 0 saturated heterocycles. The Labute approximate surface area is 581 Å². The Morgan fingerprint density at radius 2 is 0.505 bits per heavy atom. The number of carbonyl (C=O) groups excluding carboxylic acids is 4. The Hall–Kier alpha value is -1.94. The molecule has 19 heteroatoms. The summed E-state index contributed by atoms with van der Waals surface area (Å²) in [5, 5.41) is 10.6. The minimum Gasteiger partial charge on any atom is -0.462 e. The molecule has 5 unspecified atom stereocenters. The third-order valence-corrected chi connectivity index (χ3v) is 20.6. The molecular formula is C76H148O17P2. The second kappa shape index (κ2) is 65.4. The van der Waals surface area contributed by atoms with Crippen LogP contribution in [-0.2, 0) is 65.4 Å². The van der Waals surface area contributed by atoms with Crippen LogP contribution in [0, 0.1) is 23.7 Å². The molecule has 0 radical (unpaired) electrons. The monoisotopic (exact) mass is 1400 g/mol. The highest BCUT2D eigenvalue weighted by atomic mass is 31.2. The average molecular weight is 1400 g/mol. The normalized spacial score (nSPS) is 15.0. The van der Waals surface area contributed by atoms with Crippen LogP contribution in [-0.4, -0.2) is 96.7 Å². The van der Waals surface area contributed by atoms with Crippen LogP contribution in [0.4, 0.5) is 0 Å². The molecule has 0 bridgehead atoms. The van der Waals surface area contributed by atoms with E-state index in [-0.39, 0.29) is 25.7 Å². The van der Waals surface area contributed by atoms with Crippen molar-refractivity contribution in [2.45, 2.75) is 401 Å². The van der Waals surface area contributed by atoms with Crippen LogP contribution in [0.1, 0.15) is 383 Å². The molecule has 0 heterocycles. The molecule has 8 atom stereocenters. The summed E-state index contributed by atoms with van der Waals surface area (Å²) in [4.78, 5) is 72.7. The van der Waals surface area contributed by atoms with E-state index < -0.39 is 97.5 Å². The number of esters is 4. The number of hydrogen-bond donors (Lipinski definition) is 3. The maximum absolute atomic E-state index is 13.1. The Kier molecular flexibility index (Phi) is 64.0. The first kappa shape index (κ1) is 93.1. The zero-order valence-electron chi connectivity index (χ0n) is 62.3. The first-order valence-electron chi connectivity index (χ1n) is 39.3. The van der Waals surface area contributed by atoms with Crippen molar-refractivity contribution in [1.82, 2.24) is 0 Å². The number of unbranched alkanes of at least 4 members (excludes halogenated alkanes) is 36. The quantitative estimate of drug-likeness (QED) is 0.0222. The molecule has 0 amide bonds. The van der Waals surface area contributed by atoms with Gasteiger partial charge in [0.15, 0.2) is 12.2 Å². The van der Waals surface area contributed by atoms with Crippen LogP contribution in [0.2, 0.25) is 0 Å². The lowest BCUT2D eigenvalue weighted by atomic mass is 9.99. The van der Waals surface area contributed by atoms with Gasteiger partial charge in [-0.15, -0.1) is 0 Å². The van der Waals surface area contributed by atoms with Crippen LogP contribution < -0.4 is 0 Å². The number of rotatable bonds is 73. The van der Waals surface area contributed by atoms with Gasteiger partial charge >= 0.3 is 39.5 Å². The molecule has 0 aliphatic carbocycles. The van der Waals surface area contributed by atoms with Crippen molar-refractivity contribution in [3.63, 3.8) is 0 Å². The van der Waals surface area contributed by atoms with Gasteiger partial charge in [0, 0.05) is 25.7 Å². The first-order chi connectivity index (χ1) is 45.7. The summed E-state index contributed by atoms with van der Waals surface area (Å²) in [6.45, 7) is 14.2.